The second-order valence-corrected chi connectivity index (χ2v) is 8.71. The summed E-state index contributed by atoms with van der Waals surface area (Å²) in [5.74, 6) is 1.92. The zero-order valence-corrected chi connectivity index (χ0v) is 17.9. The first-order valence-electron chi connectivity index (χ1n) is 10.3. The van der Waals surface area contributed by atoms with Crippen LogP contribution in [0.5, 0.6) is 0 Å². The highest BCUT2D eigenvalue weighted by atomic mass is 32.2. The fourth-order valence-electron chi connectivity index (χ4n) is 3.78. The lowest BCUT2D eigenvalue weighted by Crippen LogP contribution is -2.31. The fraction of sp³-hybridized carbons (Fsp3) is 0.348. The molecule has 1 aliphatic heterocycles. The molecule has 2 amide bonds. The Morgan fingerprint density at radius 2 is 2.00 bits per heavy atom. The molecular formula is C23H26N4O2S. The maximum atomic E-state index is 12.8. The Morgan fingerprint density at radius 1 is 1.20 bits per heavy atom. The van der Waals surface area contributed by atoms with E-state index in [2.05, 4.69) is 15.3 Å². The first-order chi connectivity index (χ1) is 14.6. The molecule has 1 fully saturated rings. The van der Waals surface area contributed by atoms with Crippen LogP contribution in [0.4, 0.5) is 5.69 Å². The summed E-state index contributed by atoms with van der Waals surface area (Å²) in [6.45, 7) is 2.77. The zero-order chi connectivity index (χ0) is 20.9. The third kappa shape index (κ3) is 4.84. The summed E-state index contributed by atoms with van der Waals surface area (Å²) in [5, 5.41) is 2.89. The number of hydrogen-bond acceptors (Lipinski definition) is 4. The van der Waals surface area contributed by atoms with Gasteiger partial charge in [0.15, 0.2) is 0 Å². The maximum Gasteiger partial charge on any atom is 0.234 e. The lowest BCUT2D eigenvalue weighted by atomic mass is 10.2. The molecule has 2 N–H and O–H groups in total. The van der Waals surface area contributed by atoms with Crippen molar-refractivity contribution in [2.24, 2.45) is 0 Å². The van der Waals surface area contributed by atoms with Gasteiger partial charge in [-0.2, -0.15) is 11.8 Å². The van der Waals surface area contributed by atoms with Crippen molar-refractivity contribution in [2.75, 3.05) is 23.4 Å². The lowest BCUT2D eigenvalue weighted by Gasteiger charge is -2.23. The number of aromatic amines is 1. The number of carbonyl (C=O) groups is 2. The van der Waals surface area contributed by atoms with Gasteiger partial charge >= 0.3 is 0 Å². The molecule has 3 aromatic rings. The van der Waals surface area contributed by atoms with E-state index in [4.69, 9.17) is 0 Å². The zero-order valence-electron chi connectivity index (χ0n) is 17.1. The number of aromatic nitrogens is 2. The van der Waals surface area contributed by atoms with E-state index in [0.717, 1.165) is 47.5 Å². The molecular weight excluding hydrogens is 396 g/mol. The van der Waals surface area contributed by atoms with Gasteiger partial charge in [-0.15, -0.1) is 0 Å². The number of likely N-dealkylation sites (tertiary alicyclic amines) is 1. The Kier molecular flexibility index (Phi) is 6.38. The number of rotatable bonds is 7. The van der Waals surface area contributed by atoms with Gasteiger partial charge in [0.25, 0.3) is 0 Å². The van der Waals surface area contributed by atoms with Gasteiger partial charge in [-0.3, -0.25) is 9.59 Å². The van der Waals surface area contributed by atoms with Crippen LogP contribution in [0.2, 0.25) is 0 Å². The number of hydrogen-bond donors (Lipinski definition) is 2. The van der Waals surface area contributed by atoms with Crippen LogP contribution in [0, 0.1) is 6.92 Å². The molecule has 1 saturated heterocycles. The quantitative estimate of drug-likeness (QED) is 0.557. The molecule has 30 heavy (non-hydrogen) atoms. The molecule has 156 valence electrons. The first kappa shape index (κ1) is 20.5. The van der Waals surface area contributed by atoms with Gasteiger partial charge in [0.1, 0.15) is 5.82 Å². The molecule has 4 rings (SSSR count). The van der Waals surface area contributed by atoms with Crippen LogP contribution in [0.25, 0.3) is 11.0 Å². The van der Waals surface area contributed by atoms with E-state index in [1.54, 1.807) is 0 Å². The number of aryl methyl sites for hydroxylation is 1. The highest BCUT2D eigenvalue weighted by Crippen LogP contribution is 2.32. The number of fused-ring (bicyclic) bond motifs is 1. The van der Waals surface area contributed by atoms with Crippen LogP contribution < -0.4 is 5.32 Å². The van der Waals surface area contributed by atoms with Crippen LogP contribution in [-0.2, 0) is 9.59 Å². The number of imidazole rings is 1. The third-order valence-corrected chi connectivity index (χ3v) is 6.28. The van der Waals surface area contributed by atoms with E-state index in [9.17, 15) is 9.59 Å². The minimum absolute atomic E-state index is 0.0136. The van der Waals surface area contributed by atoms with Gasteiger partial charge in [0.2, 0.25) is 11.8 Å². The number of carbonyl (C=O) groups excluding carboxylic acids is 2. The van der Waals surface area contributed by atoms with Crippen molar-refractivity contribution >= 4 is 40.3 Å². The molecule has 0 saturated carbocycles. The van der Waals surface area contributed by atoms with Crippen LogP contribution in [0.3, 0.4) is 0 Å². The summed E-state index contributed by atoms with van der Waals surface area (Å²) in [6, 6.07) is 15.7. The summed E-state index contributed by atoms with van der Waals surface area (Å²) in [7, 11) is 0. The molecule has 0 radical (unpaired) electrons. The van der Waals surface area contributed by atoms with E-state index < -0.39 is 0 Å². The van der Waals surface area contributed by atoms with Crippen LogP contribution >= 0.6 is 11.8 Å². The van der Waals surface area contributed by atoms with Crippen molar-refractivity contribution in [3.8, 4) is 0 Å². The Hall–Kier alpha value is -2.80. The van der Waals surface area contributed by atoms with Gasteiger partial charge in [0, 0.05) is 24.4 Å². The summed E-state index contributed by atoms with van der Waals surface area (Å²) in [4.78, 5) is 34.9. The molecule has 1 aliphatic rings. The second kappa shape index (κ2) is 9.34. The number of para-hydroxylation sites is 2. The van der Waals surface area contributed by atoms with Crippen molar-refractivity contribution < 1.29 is 9.59 Å². The number of amides is 2. The average molecular weight is 423 g/mol. The first-order valence-corrected chi connectivity index (χ1v) is 11.4. The van der Waals surface area contributed by atoms with E-state index in [0.29, 0.717) is 17.9 Å². The summed E-state index contributed by atoms with van der Waals surface area (Å²) in [5.41, 5.74) is 3.89. The van der Waals surface area contributed by atoms with Crippen LogP contribution in [0.1, 0.15) is 36.7 Å². The topological polar surface area (TPSA) is 78.1 Å². The van der Waals surface area contributed by atoms with E-state index in [1.807, 2.05) is 60.4 Å². The van der Waals surface area contributed by atoms with Gasteiger partial charge in [0.05, 0.1) is 22.8 Å². The normalized spacial score (nSPS) is 16.2. The number of thioether (sulfide) groups is 1. The molecule has 2 aromatic carbocycles. The Balaban J connectivity index is 1.25. The average Bonchev–Trinajstić information content (AvgIpc) is 3.39. The highest BCUT2D eigenvalue weighted by molar-refractivity contribution is 7.99. The summed E-state index contributed by atoms with van der Waals surface area (Å²) < 4.78 is 0. The number of benzene rings is 2. The molecule has 6 nitrogen and oxygen atoms in total. The maximum absolute atomic E-state index is 12.8. The van der Waals surface area contributed by atoms with Crippen molar-refractivity contribution in [2.45, 2.75) is 32.2 Å². The third-order valence-electron chi connectivity index (χ3n) is 5.33. The summed E-state index contributed by atoms with van der Waals surface area (Å²) in [6.07, 6.45) is 2.34. The van der Waals surface area contributed by atoms with E-state index in [1.165, 1.54) is 11.8 Å². The van der Waals surface area contributed by atoms with Gasteiger partial charge in [-0.25, -0.2) is 4.98 Å². The SMILES string of the molecule is Cc1ccc(NC(=O)CSCCC(=O)N2CCC[C@@H]2c2nc3ccccc3[nH]2)cc1. The van der Waals surface area contributed by atoms with Crippen LogP contribution in [0.15, 0.2) is 48.5 Å². The van der Waals surface area contributed by atoms with Crippen LogP contribution in [-0.4, -0.2) is 44.7 Å². The molecule has 7 heteroatoms. The molecule has 0 bridgehead atoms. The Labute approximate surface area is 180 Å². The predicted molar refractivity (Wildman–Crippen MR) is 122 cm³/mol. The Bertz CT molecular complexity index is 998. The number of anilines is 1. The monoisotopic (exact) mass is 422 g/mol. The van der Waals surface area contributed by atoms with Gasteiger partial charge in [-0.1, -0.05) is 29.8 Å². The summed E-state index contributed by atoms with van der Waals surface area (Å²) >= 11 is 1.49. The lowest BCUT2D eigenvalue weighted by molar-refractivity contribution is -0.131. The largest absolute Gasteiger partial charge is 0.340 e. The molecule has 1 atom stereocenters. The standard InChI is InChI=1S/C23H26N4O2S/c1-16-8-10-17(11-9-16)24-21(28)15-30-14-12-22(29)27-13-4-7-20(27)23-25-18-5-2-3-6-19(18)26-23/h2-3,5-6,8-11,20H,4,7,12-15H2,1H3,(H,24,28)(H,25,26)/t20-/m1/s1. The highest BCUT2D eigenvalue weighted by Gasteiger charge is 2.31. The molecule has 2 heterocycles. The molecule has 0 unspecified atom stereocenters. The minimum atomic E-state index is -0.0439. The number of H-pyrrole nitrogens is 1. The van der Waals surface area contributed by atoms with Crippen molar-refractivity contribution in [3.63, 3.8) is 0 Å². The van der Waals surface area contributed by atoms with E-state index >= 15 is 0 Å². The smallest absolute Gasteiger partial charge is 0.234 e. The van der Waals surface area contributed by atoms with Gasteiger partial charge < -0.3 is 15.2 Å². The Morgan fingerprint density at radius 3 is 2.80 bits per heavy atom. The van der Waals surface area contributed by atoms with Crippen molar-refractivity contribution in [1.82, 2.24) is 14.9 Å². The molecule has 0 aliphatic carbocycles. The van der Waals surface area contributed by atoms with Gasteiger partial charge in [-0.05, 0) is 44.0 Å². The minimum Gasteiger partial charge on any atom is -0.340 e. The van der Waals surface area contributed by atoms with Crippen molar-refractivity contribution in [3.05, 3.63) is 59.9 Å². The van der Waals surface area contributed by atoms with Crippen molar-refractivity contribution in [1.29, 1.82) is 0 Å². The predicted octanol–water partition coefficient (Wildman–Crippen LogP) is 4.30. The number of nitrogens with zero attached hydrogens (tertiary/aromatic N) is 2. The second-order valence-electron chi connectivity index (χ2n) is 7.60. The molecule has 1 aromatic heterocycles. The number of nitrogens with one attached hydrogen (secondary N) is 2. The fourth-order valence-corrected chi connectivity index (χ4v) is 4.50. The van der Waals surface area contributed by atoms with E-state index in [-0.39, 0.29) is 17.9 Å². The molecule has 0 spiro atoms.